The molecule has 0 aliphatic carbocycles. The summed E-state index contributed by atoms with van der Waals surface area (Å²) in [4.78, 5) is 39.0. The van der Waals surface area contributed by atoms with E-state index in [2.05, 4.69) is 9.69 Å². The Balaban J connectivity index is 2.59. The van der Waals surface area contributed by atoms with Gasteiger partial charge in [0.2, 0.25) is 5.91 Å². The number of amides is 3. The first-order chi connectivity index (χ1) is 15.9. The molecule has 0 radical (unpaired) electrons. The number of hydrogen-bond acceptors (Lipinski definition) is 6. The highest BCUT2D eigenvalue weighted by Gasteiger charge is 2.36. The number of primary amides is 1. The summed E-state index contributed by atoms with van der Waals surface area (Å²) in [5.74, 6) is -1.99. The SMILES string of the molecule is CCC[C@@H](C(=O)NCCC(C)C)N(C(=O)c1snc(C(N)=O)c1N)c1cccc(C(F)(F)F)c1. The number of anilines is 2. The first kappa shape index (κ1) is 27.1. The number of carbonyl (C=O) groups excluding carboxylic acids is 3. The summed E-state index contributed by atoms with van der Waals surface area (Å²) in [6.45, 7) is 6.10. The fourth-order valence-corrected chi connectivity index (χ4v) is 4.00. The second kappa shape index (κ2) is 11.3. The number of halogens is 3. The minimum Gasteiger partial charge on any atom is -0.395 e. The number of alkyl halides is 3. The Hall–Kier alpha value is -3.15. The van der Waals surface area contributed by atoms with Gasteiger partial charge in [-0.15, -0.1) is 0 Å². The maximum absolute atomic E-state index is 13.6. The quantitative estimate of drug-likeness (QED) is 0.457. The van der Waals surface area contributed by atoms with Gasteiger partial charge >= 0.3 is 6.18 Å². The van der Waals surface area contributed by atoms with Crippen LogP contribution in [0, 0.1) is 5.92 Å². The molecule has 2 aromatic rings. The maximum Gasteiger partial charge on any atom is 0.416 e. The molecule has 0 aliphatic heterocycles. The summed E-state index contributed by atoms with van der Waals surface area (Å²) in [5, 5.41) is 2.77. The highest BCUT2D eigenvalue weighted by Crippen LogP contribution is 2.34. The highest BCUT2D eigenvalue weighted by molar-refractivity contribution is 7.09. The van der Waals surface area contributed by atoms with Gasteiger partial charge in [-0.25, -0.2) is 0 Å². The molecule has 3 amide bonds. The molecule has 0 spiro atoms. The van der Waals surface area contributed by atoms with Crippen LogP contribution in [0.15, 0.2) is 24.3 Å². The van der Waals surface area contributed by atoms with Gasteiger partial charge < -0.3 is 16.8 Å². The summed E-state index contributed by atoms with van der Waals surface area (Å²) in [6.07, 6.45) is -3.33. The van der Waals surface area contributed by atoms with Gasteiger partial charge in [0.25, 0.3) is 11.8 Å². The summed E-state index contributed by atoms with van der Waals surface area (Å²) < 4.78 is 44.0. The zero-order valence-electron chi connectivity index (χ0n) is 19.1. The number of rotatable bonds is 10. The molecule has 8 nitrogen and oxygen atoms in total. The van der Waals surface area contributed by atoms with Crippen molar-refractivity contribution in [3.8, 4) is 0 Å². The third kappa shape index (κ3) is 6.46. The van der Waals surface area contributed by atoms with Crippen molar-refractivity contribution >= 4 is 40.6 Å². The average molecular weight is 500 g/mol. The first-order valence-corrected chi connectivity index (χ1v) is 11.5. The predicted octanol–water partition coefficient (Wildman–Crippen LogP) is 3.82. The Labute approximate surface area is 199 Å². The number of nitrogens with zero attached hydrogens (tertiary/aromatic N) is 2. The molecule has 0 saturated carbocycles. The van der Waals surface area contributed by atoms with Gasteiger partial charge in [-0.2, -0.15) is 17.5 Å². The van der Waals surface area contributed by atoms with Crippen LogP contribution in [0.3, 0.4) is 0 Å². The number of nitrogens with one attached hydrogen (secondary N) is 1. The molecule has 34 heavy (non-hydrogen) atoms. The van der Waals surface area contributed by atoms with Crippen LogP contribution in [0.2, 0.25) is 0 Å². The fourth-order valence-electron chi connectivity index (χ4n) is 3.26. The van der Waals surface area contributed by atoms with Crippen molar-refractivity contribution in [1.82, 2.24) is 9.69 Å². The van der Waals surface area contributed by atoms with E-state index < -0.39 is 35.5 Å². The predicted molar refractivity (Wildman–Crippen MR) is 124 cm³/mol. The van der Waals surface area contributed by atoms with E-state index in [0.717, 1.165) is 23.1 Å². The third-order valence-corrected chi connectivity index (χ3v) is 5.87. The van der Waals surface area contributed by atoms with Gasteiger partial charge in [-0.1, -0.05) is 33.3 Å². The topological polar surface area (TPSA) is 131 Å². The van der Waals surface area contributed by atoms with E-state index in [0.29, 0.717) is 36.8 Å². The van der Waals surface area contributed by atoms with E-state index in [1.54, 1.807) is 6.92 Å². The summed E-state index contributed by atoms with van der Waals surface area (Å²) in [5.41, 5.74) is 9.42. The van der Waals surface area contributed by atoms with E-state index in [1.165, 1.54) is 6.07 Å². The number of benzene rings is 1. The fraction of sp³-hybridized carbons (Fsp3) is 0.455. The van der Waals surface area contributed by atoms with Crippen molar-refractivity contribution in [3.05, 3.63) is 40.4 Å². The van der Waals surface area contributed by atoms with Gasteiger partial charge in [0, 0.05) is 12.2 Å². The molecule has 0 unspecified atom stereocenters. The van der Waals surface area contributed by atoms with E-state index in [9.17, 15) is 27.6 Å². The Bertz CT molecular complexity index is 1040. The summed E-state index contributed by atoms with van der Waals surface area (Å²) in [6, 6.07) is 3.02. The lowest BCUT2D eigenvalue weighted by Crippen LogP contribution is -2.50. The number of carbonyl (C=O) groups is 3. The molecule has 0 bridgehead atoms. The highest BCUT2D eigenvalue weighted by atomic mass is 32.1. The minimum absolute atomic E-state index is 0.134. The Morgan fingerprint density at radius 3 is 2.41 bits per heavy atom. The van der Waals surface area contributed by atoms with Crippen molar-refractivity contribution in [2.45, 2.75) is 52.3 Å². The standard InChI is InChI=1S/C22H28F3N5O3S/c1-4-6-15(20(32)28-10-9-12(2)3)30(14-8-5-7-13(11-14)22(23,24)25)21(33)18-16(26)17(19(27)31)29-34-18/h5,7-8,11-12,15H,4,6,9-10,26H2,1-3H3,(H2,27,31)(H,28,32)/t15-/m0/s1. The van der Waals surface area contributed by atoms with Crippen LogP contribution in [0.5, 0.6) is 0 Å². The second-order valence-corrected chi connectivity index (χ2v) is 8.91. The molecule has 0 fully saturated rings. The smallest absolute Gasteiger partial charge is 0.395 e. The molecule has 1 heterocycles. The summed E-state index contributed by atoms with van der Waals surface area (Å²) in [7, 11) is 0. The third-order valence-electron chi connectivity index (χ3n) is 5.02. The van der Waals surface area contributed by atoms with Gasteiger partial charge in [0.1, 0.15) is 10.9 Å². The monoisotopic (exact) mass is 499 g/mol. The van der Waals surface area contributed by atoms with E-state index in [4.69, 9.17) is 11.5 Å². The molecule has 0 saturated heterocycles. The van der Waals surface area contributed by atoms with Crippen LogP contribution in [0.1, 0.15) is 65.8 Å². The Morgan fingerprint density at radius 2 is 1.88 bits per heavy atom. The molecule has 12 heteroatoms. The van der Waals surface area contributed by atoms with Crippen molar-refractivity contribution in [2.24, 2.45) is 11.7 Å². The van der Waals surface area contributed by atoms with Crippen LogP contribution in [0.25, 0.3) is 0 Å². The molecule has 1 aromatic heterocycles. The number of aromatic nitrogens is 1. The summed E-state index contributed by atoms with van der Waals surface area (Å²) >= 11 is 0.593. The zero-order valence-corrected chi connectivity index (χ0v) is 19.9. The Morgan fingerprint density at radius 1 is 1.21 bits per heavy atom. The molecule has 1 atom stereocenters. The lowest BCUT2D eigenvalue weighted by molar-refractivity contribution is -0.137. The molecule has 2 rings (SSSR count). The molecule has 0 aliphatic rings. The molecule has 5 N–H and O–H groups in total. The second-order valence-electron chi connectivity index (χ2n) is 8.14. The minimum atomic E-state index is -4.66. The van der Waals surface area contributed by atoms with Crippen molar-refractivity contribution in [3.63, 3.8) is 0 Å². The molecule has 1 aromatic carbocycles. The van der Waals surface area contributed by atoms with Gasteiger partial charge in [-0.05, 0) is 48.5 Å². The van der Waals surface area contributed by atoms with Crippen molar-refractivity contribution < 1.29 is 27.6 Å². The lowest BCUT2D eigenvalue weighted by atomic mass is 10.1. The lowest BCUT2D eigenvalue weighted by Gasteiger charge is -2.31. The van der Waals surface area contributed by atoms with Crippen LogP contribution in [-0.4, -0.2) is 34.7 Å². The van der Waals surface area contributed by atoms with Crippen LogP contribution in [-0.2, 0) is 11.0 Å². The first-order valence-electron chi connectivity index (χ1n) is 10.7. The Kier molecular flexibility index (Phi) is 9.02. The number of nitrogens with two attached hydrogens (primary N) is 2. The van der Waals surface area contributed by atoms with Gasteiger partial charge in [0.15, 0.2) is 5.69 Å². The normalized spacial score (nSPS) is 12.4. The molecular formula is C22H28F3N5O3S. The van der Waals surface area contributed by atoms with Crippen LogP contribution in [0.4, 0.5) is 24.5 Å². The zero-order chi connectivity index (χ0) is 25.6. The van der Waals surface area contributed by atoms with Gasteiger partial charge in [0.05, 0.1) is 11.3 Å². The molecule has 186 valence electrons. The van der Waals surface area contributed by atoms with Crippen molar-refractivity contribution in [1.29, 1.82) is 0 Å². The molecular weight excluding hydrogens is 471 g/mol. The van der Waals surface area contributed by atoms with E-state index in [1.807, 2.05) is 13.8 Å². The number of nitrogen functional groups attached to an aromatic ring is 1. The van der Waals surface area contributed by atoms with Crippen LogP contribution >= 0.6 is 11.5 Å². The van der Waals surface area contributed by atoms with E-state index >= 15 is 0 Å². The maximum atomic E-state index is 13.6. The van der Waals surface area contributed by atoms with Crippen LogP contribution < -0.4 is 21.7 Å². The van der Waals surface area contributed by atoms with Gasteiger partial charge in [-0.3, -0.25) is 19.3 Å². The average Bonchev–Trinajstić information content (AvgIpc) is 3.14. The largest absolute Gasteiger partial charge is 0.416 e. The van der Waals surface area contributed by atoms with Crippen molar-refractivity contribution in [2.75, 3.05) is 17.2 Å². The van der Waals surface area contributed by atoms with E-state index in [-0.39, 0.29) is 28.4 Å². The number of hydrogen-bond donors (Lipinski definition) is 3.